The van der Waals surface area contributed by atoms with E-state index in [4.69, 9.17) is 5.11 Å². The summed E-state index contributed by atoms with van der Waals surface area (Å²) in [6.07, 6.45) is 0. The monoisotopic (exact) mass is 219 g/mol. The number of likely N-dealkylation sites (N-methyl/N-ethyl adjacent to an activating group) is 1. The van der Waals surface area contributed by atoms with Gasteiger partial charge in [0, 0.05) is 12.7 Å². The van der Waals surface area contributed by atoms with Crippen molar-refractivity contribution in [2.45, 2.75) is 12.8 Å². The number of carboxylic acids is 1. The van der Waals surface area contributed by atoms with Gasteiger partial charge in [0.1, 0.15) is 0 Å². The van der Waals surface area contributed by atoms with E-state index in [1.165, 1.54) is 4.90 Å². The van der Waals surface area contributed by atoms with Crippen molar-refractivity contribution < 1.29 is 14.7 Å². The number of aliphatic carboxylic acids is 1. The molecule has 1 amide bonds. The standard InChI is InChI=1S/C12H13NO3/c1-7(12(15)16)10-8-5-3-4-6-9(8)13(2)11(10)14/h3-7,10H,1-2H3,(H,15,16). The molecule has 1 aromatic carbocycles. The Morgan fingerprint density at radius 2 is 2.06 bits per heavy atom. The number of fused-ring (bicyclic) bond motifs is 1. The summed E-state index contributed by atoms with van der Waals surface area (Å²) in [6.45, 7) is 1.57. The normalized spacial score (nSPS) is 20.8. The first kappa shape index (κ1) is 10.7. The van der Waals surface area contributed by atoms with Crippen molar-refractivity contribution in [3.05, 3.63) is 29.8 Å². The van der Waals surface area contributed by atoms with Crippen molar-refractivity contribution in [1.29, 1.82) is 0 Å². The van der Waals surface area contributed by atoms with E-state index in [0.717, 1.165) is 11.3 Å². The average Bonchev–Trinajstić information content (AvgIpc) is 2.52. The van der Waals surface area contributed by atoms with Crippen molar-refractivity contribution in [1.82, 2.24) is 0 Å². The van der Waals surface area contributed by atoms with Gasteiger partial charge < -0.3 is 10.0 Å². The van der Waals surface area contributed by atoms with Gasteiger partial charge in [0.05, 0.1) is 11.8 Å². The highest BCUT2D eigenvalue weighted by molar-refractivity contribution is 6.06. The van der Waals surface area contributed by atoms with Crippen LogP contribution in [0.25, 0.3) is 0 Å². The van der Waals surface area contributed by atoms with Gasteiger partial charge in [-0.2, -0.15) is 0 Å². The number of hydrogen-bond donors (Lipinski definition) is 1. The number of benzene rings is 1. The maximum Gasteiger partial charge on any atom is 0.307 e. The third kappa shape index (κ3) is 1.38. The largest absolute Gasteiger partial charge is 0.481 e. The Bertz CT molecular complexity index is 455. The molecule has 0 aromatic heterocycles. The Balaban J connectivity index is 2.49. The van der Waals surface area contributed by atoms with Crippen molar-refractivity contribution in [3.63, 3.8) is 0 Å². The number of anilines is 1. The van der Waals surface area contributed by atoms with Crippen LogP contribution in [0.15, 0.2) is 24.3 Å². The zero-order valence-electron chi connectivity index (χ0n) is 9.18. The lowest BCUT2D eigenvalue weighted by molar-refractivity contribution is -0.143. The molecule has 1 aromatic rings. The minimum atomic E-state index is -0.941. The number of nitrogens with zero attached hydrogens (tertiary/aromatic N) is 1. The van der Waals surface area contributed by atoms with E-state index in [-0.39, 0.29) is 5.91 Å². The molecule has 1 heterocycles. The Morgan fingerprint density at radius 3 is 2.69 bits per heavy atom. The van der Waals surface area contributed by atoms with Gasteiger partial charge in [0.15, 0.2) is 0 Å². The highest BCUT2D eigenvalue weighted by Crippen LogP contribution is 2.40. The Morgan fingerprint density at radius 1 is 1.44 bits per heavy atom. The number of rotatable bonds is 2. The minimum Gasteiger partial charge on any atom is -0.481 e. The summed E-state index contributed by atoms with van der Waals surface area (Å²) in [5.41, 5.74) is 1.62. The van der Waals surface area contributed by atoms with E-state index in [2.05, 4.69) is 0 Å². The maximum absolute atomic E-state index is 12.0. The zero-order chi connectivity index (χ0) is 11.9. The number of carbonyl (C=O) groups excluding carboxylic acids is 1. The lowest BCUT2D eigenvalue weighted by Crippen LogP contribution is -2.30. The molecule has 2 rings (SSSR count). The molecule has 16 heavy (non-hydrogen) atoms. The molecule has 0 saturated carbocycles. The fraction of sp³-hybridized carbons (Fsp3) is 0.333. The number of carbonyl (C=O) groups is 2. The second kappa shape index (κ2) is 3.63. The Kier molecular flexibility index (Phi) is 2.42. The van der Waals surface area contributed by atoms with Gasteiger partial charge in [-0.1, -0.05) is 25.1 Å². The number of hydrogen-bond acceptors (Lipinski definition) is 2. The van der Waals surface area contributed by atoms with Crippen LogP contribution in [0.2, 0.25) is 0 Å². The second-order valence-electron chi connectivity index (χ2n) is 4.06. The molecule has 2 unspecified atom stereocenters. The van der Waals surface area contributed by atoms with Gasteiger partial charge in [-0.25, -0.2) is 0 Å². The van der Waals surface area contributed by atoms with Crippen LogP contribution in [0.1, 0.15) is 18.4 Å². The summed E-state index contributed by atoms with van der Waals surface area (Å²) in [6, 6.07) is 7.33. The third-order valence-electron chi connectivity index (χ3n) is 3.12. The molecule has 0 bridgehead atoms. The van der Waals surface area contributed by atoms with Gasteiger partial charge >= 0.3 is 5.97 Å². The summed E-state index contributed by atoms with van der Waals surface area (Å²) < 4.78 is 0. The van der Waals surface area contributed by atoms with Gasteiger partial charge in [-0.3, -0.25) is 9.59 Å². The van der Waals surface area contributed by atoms with Gasteiger partial charge in [-0.15, -0.1) is 0 Å². The molecular formula is C12H13NO3. The molecule has 1 N–H and O–H groups in total. The lowest BCUT2D eigenvalue weighted by Gasteiger charge is -2.14. The molecular weight excluding hydrogens is 206 g/mol. The maximum atomic E-state index is 12.0. The Hall–Kier alpha value is -1.84. The molecule has 0 aliphatic carbocycles. The highest BCUT2D eigenvalue weighted by Gasteiger charge is 2.40. The molecule has 0 saturated heterocycles. The van der Waals surface area contributed by atoms with Crippen molar-refractivity contribution in [2.24, 2.45) is 5.92 Å². The molecule has 2 atom stereocenters. The first-order valence-electron chi connectivity index (χ1n) is 5.13. The molecule has 4 heteroatoms. The van der Waals surface area contributed by atoms with Crippen LogP contribution in [0, 0.1) is 5.92 Å². The average molecular weight is 219 g/mol. The van der Waals surface area contributed by atoms with E-state index in [1.54, 1.807) is 14.0 Å². The number of para-hydroxylation sites is 1. The quantitative estimate of drug-likeness (QED) is 0.819. The van der Waals surface area contributed by atoms with Gasteiger partial charge in [-0.05, 0) is 11.6 Å². The van der Waals surface area contributed by atoms with E-state index in [0.29, 0.717) is 0 Å². The summed E-state index contributed by atoms with van der Waals surface area (Å²) >= 11 is 0. The smallest absolute Gasteiger partial charge is 0.307 e. The molecule has 0 fully saturated rings. The third-order valence-corrected chi connectivity index (χ3v) is 3.12. The topological polar surface area (TPSA) is 57.6 Å². The SMILES string of the molecule is CC(C(=O)O)C1C(=O)N(C)c2ccccc21. The van der Waals surface area contributed by atoms with Crippen LogP contribution in [0.4, 0.5) is 5.69 Å². The van der Waals surface area contributed by atoms with Crippen molar-refractivity contribution in [2.75, 3.05) is 11.9 Å². The first-order valence-corrected chi connectivity index (χ1v) is 5.13. The molecule has 0 radical (unpaired) electrons. The fourth-order valence-corrected chi connectivity index (χ4v) is 2.14. The van der Waals surface area contributed by atoms with Crippen LogP contribution < -0.4 is 4.90 Å². The van der Waals surface area contributed by atoms with E-state index in [9.17, 15) is 9.59 Å². The van der Waals surface area contributed by atoms with Crippen LogP contribution in [-0.2, 0) is 9.59 Å². The predicted octanol–water partition coefficient (Wildman–Crippen LogP) is 1.47. The summed E-state index contributed by atoms with van der Waals surface area (Å²) in [7, 11) is 1.68. The number of amides is 1. The fourth-order valence-electron chi connectivity index (χ4n) is 2.14. The highest BCUT2D eigenvalue weighted by atomic mass is 16.4. The lowest BCUT2D eigenvalue weighted by atomic mass is 9.88. The molecule has 1 aliphatic rings. The summed E-state index contributed by atoms with van der Waals surface area (Å²) in [5, 5.41) is 9.00. The van der Waals surface area contributed by atoms with Crippen molar-refractivity contribution in [3.8, 4) is 0 Å². The molecule has 1 aliphatic heterocycles. The van der Waals surface area contributed by atoms with Crippen LogP contribution in [-0.4, -0.2) is 24.0 Å². The minimum absolute atomic E-state index is 0.142. The van der Waals surface area contributed by atoms with E-state index in [1.807, 2.05) is 24.3 Å². The number of carboxylic acid groups (broad SMARTS) is 1. The van der Waals surface area contributed by atoms with Gasteiger partial charge in [0.2, 0.25) is 5.91 Å². The Labute approximate surface area is 93.5 Å². The molecule has 4 nitrogen and oxygen atoms in total. The van der Waals surface area contributed by atoms with E-state index >= 15 is 0 Å². The van der Waals surface area contributed by atoms with Crippen LogP contribution in [0.5, 0.6) is 0 Å². The van der Waals surface area contributed by atoms with Crippen LogP contribution >= 0.6 is 0 Å². The summed E-state index contributed by atoms with van der Waals surface area (Å²) in [4.78, 5) is 24.5. The summed E-state index contributed by atoms with van der Waals surface area (Å²) in [5.74, 6) is -2.34. The zero-order valence-corrected chi connectivity index (χ0v) is 9.18. The molecule has 84 valence electrons. The van der Waals surface area contributed by atoms with Crippen molar-refractivity contribution >= 4 is 17.6 Å². The van der Waals surface area contributed by atoms with E-state index < -0.39 is 17.8 Å². The molecule has 0 spiro atoms. The van der Waals surface area contributed by atoms with Gasteiger partial charge in [0.25, 0.3) is 0 Å². The first-order chi connectivity index (χ1) is 7.54. The predicted molar refractivity (Wildman–Crippen MR) is 59.4 cm³/mol. The van der Waals surface area contributed by atoms with Crippen LogP contribution in [0.3, 0.4) is 0 Å². The second-order valence-corrected chi connectivity index (χ2v) is 4.06.